The van der Waals surface area contributed by atoms with Gasteiger partial charge in [0.1, 0.15) is 6.04 Å². The van der Waals surface area contributed by atoms with Crippen molar-refractivity contribution in [3.8, 4) is 0 Å². The van der Waals surface area contributed by atoms with Crippen LogP contribution in [0.1, 0.15) is 39.2 Å². The first kappa shape index (κ1) is 28.9. The first-order valence-electron chi connectivity index (χ1n) is 11.4. The summed E-state index contributed by atoms with van der Waals surface area (Å²) >= 11 is 12.7. The Balaban J connectivity index is 2.20. The van der Waals surface area contributed by atoms with Crippen molar-refractivity contribution in [2.45, 2.75) is 46.2 Å². The van der Waals surface area contributed by atoms with E-state index >= 15 is 0 Å². The molecule has 0 spiro atoms. The van der Waals surface area contributed by atoms with Crippen molar-refractivity contribution in [3.05, 3.63) is 64.1 Å². The van der Waals surface area contributed by atoms with Crippen molar-refractivity contribution in [1.29, 1.82) is 0 Å². The number of carbonyl (C=O) groups is 2. The van der Waals surface area contributed by atoms with E-state index in [0.29, 0.717) is 27.8 Å². The van der Waals surface area contributed by atoms with E-state index in [0.717, 1.165) is 6.26 Å². The van der Waals surface area contributed by atoms with Crippen LogP contribution in [-0.2, 0) is 26.2 Å². The van der Waals surface area contributed by atoms with Gasteiger partial charge >= 0.3 is 0 Å². The predicted molar refractivity (Wildman–Crippen MR) is 142 cm³/mol. The van der Waals surface area contributed by atoms with Crippen LogP contribution in [-0.4, -0.2) is 50.5 Å². The molecular formula is C25H33Cl2N3O4S. The van der Waals surface area contributed by atoms with Gasteiger partial charge in [0.25, 0.3) is 0 Å². The monoisotopic (exact) mass is 541 g/mol. The number of hydrogen-bond donors (Lipinski definition) is 1. The SMILES string of the molecule is CC(C)CNC(=O)[C@H](C)N(Cc1c(Cl)cccc1Cl)C(=O)CCCN(c1ccccc1)S(C)(=O)=O. The van der Waals surface area contributed by atoms with Gasteiger partial charge in [-0.2, -0.15) is 0 Å². The van der Waals surface area contributed by atoms with Gasteiger partial charge in [-0.15, -0.1) is 0 Å². The largest absolute Gasteiger partial charge is 0.354 e. The van der Waals surface area contributed by atoms with Gasteiger partial charge in [0.15, 0.2) is 0 Å². The molecule has 0 fully saturated rings. The summed E-state index contributed by atoms with van der Waals surface area (Å²) in [5.41, 5.74) is 1.08. The molecule has 2 aromatic carbocycles. The molecule has 0 unspecified atom stereocenters. The van der Waals surface area contributed by atoms with E-state index in [-0.39, 0.29) is 43.7 Å². The highest BCUT2D eigenvalue weighted by molar-refractivity contribution is 7.92. The minimum Gasteiger partial charge on any atom is -0.354 e. The molecule has 0 saturated carbocycles. The number of hydrogen-bond acceptors (Lipinski definition) is 4. The highest BCUT2D eigenvalue weighted by Gasteiger charge is 2.28. The highest BCUT2D eigenvalue weighted by atomic mass is 35.5. The van der Waals surface area contributed by atoms with Crippen LogP contribution in [0.5, 0.6) is 0 Å². The van der Waals surface area contributed by atoms with E-state index in [4.69, 9.17) is 23.2 Å². The molecule has 10 heteroatoms. The van der Waals surface area contributed by atoms with Gasteiger partial charge < -0.3 is 10.2 Å². The van der Waals surface area contributed by atoms with Crippen LogP contribution in [0, 0.1) is 5.92 Å². The van der Waals surface area contributed by atoms with Gasteiger partial charge in [-0.05, 0) is 43.5 Å². The average Bonchev–Trinajstić information content (AvgIpc) is 2.79. The molecule has 35 heavy (non-hydrogen) atoms. The second kappa shape index (κ2) is 13.1. The third-order valence-corrected chi connectivity index (χ3v) is 7.34. The summed E-state index contributed by atoms with van der Waals surface area (Å²) in [6, 6.07) is 13.0. The quantitative estimate of drug-likeness (QED) is 0.420. The van der Waals surface area contributed by atoms with Crippen LogP contribution in [0.4, 0.5) is 5.69 Å². The number of sulfonamides is 1. The molecular weight excluding hydrogens is 509 g/mol. The molecule has 0 bridgehead atoms. The molecule has 2 amide bonds. The fourth-order valence-corrected chi connectivity index (χ4v) is 4.97. The van der Waals surface area contributed by atoms with Crippen molar-refractivity contribution in [3.63, 3.8) is 0 Å². The number of anilines is 1. The summed E-state index contributed by atoms with van der Waals surface area (Å²) in [7, 11) is -3.53. The summed E-state index contributed by atoms with van der Waals surface area (Å²) in [5, 5.41) is 3.66. The van der Waals surface area contributed by atoms with Gasteiger partial charge in [0, 0.05) is 41.7 Å². The van der Waals surface area contributed by atoms with Crippen molar-refractivity contribution >= 4 is 50.7 Å². The van der Waals surface area contributed by atoms with E-state index in [2.05, 4.69) is 5.32 Å². The van der Waals surface area contributed by atoms with E-state index in [9.17, 15) is 18.0 Å². The lowest BCUT2D eigenvalue weighted by Crippen LogP contribution is -2.48. The number of carbonyl (C=O) groups excluding carboxylic acids is 2. The fraction of sp³-hybridized carbons (Fsp3) is 0.440. The standard InChI is InChI=1S/C25H33Cl2N3O4S/c1-18(2)16-28-25(32)19(3)29(17-21-22(26)12-8-13-23(21)27)24(31)14-9-15-30(35(4,33)34)20-10-6-5-7-11-20/h5-8,10-13,18-19H,9,14-17H2,1-4H3,(H,28,32)/t19-/m0/s1. The Bertz CT molecular complexity index is 1090. The zero-order valence-corrected chi connectivity index (χ0v) is 22.8. The first-order valence-corrected chi connectivity index (χ1v) is 14.0. The number of rotatable bonds is 12. The molecule has 0 aromatic heterocycles. The van der Waals surface area contributed by atoms with E-state index in [1.54, 1.807) is 55.5 Å². The first-order chi connectivity index (χ1) is 16.4. The number of benzene rings is 2. The summed E-state index contributed by atoms with van der Waals surface area (Å²) in [4.78, 5) is 27.5. The van der Waals surface area contributed by atoms with Crippen LogP contribution in [0.3, 0.4) is 0 Å². The average molecular weight is 543 g/mol. The molecule has 1 N–H and O–H groups in total. The number of para-hydroxylation sites is 1. The molecule has 7 nitrogen and oxygen atoms in total. The Morgan fingerprint density at radius 2 is 1.57 bits per heavy atom. The fourth-order valence-electron chi connectivity index (χ4n) is 3.49. The van der Waals surface area contributed by atoms with Gasteiger partial charge in [0.05, 0.1) is 11.9 Å². The third kappa shape index (κ3) is 8.70. The molecule has 2 aromatic rings. The molecule has 0 heterocycles. The van der Waals surface area contributed by atoms with E-state index in [1.807, 2.05) is 13.8 Å². The lowest BCUT2D eigenvalue weighted by Gasteiger charge is -2.30. The summed E-state index contributed by atoms with van der Waals surface area (Å²) in [6.45, 7) is 6.30. The Morgan fingerprint density at radius 3 is 2.11 bits per heavy atom. The third-order valence-electron chi connectivity index (χ3n) is 5.44. The molecule has 0 aliphatic rings. The van der Waals surface area contributed by atoms with E-state index < -0.39 is 16.1 Å². The number of nitrogens with one attached hydrogen (secondary N) is 1. The zero-order chi connectivity index (χ0) is 26.2. The van der Waals surface area contributed by atoms with Crippen LogP contribution in [0.15, 0.2) is 48.5 Å². The number of halogens is 2. The predicted octanol–water partition coefficient (Wildman–Crippen LogP) is 4.73. The Labute approximate surface area is 218 Å². The molecule has 0 aliphatic heterocycles. The van der Waals surface area contributed by atoms with Crippen molar-refractivity contribution in [2.24, 2.45) is 5.92 Å². The minimum atomic E-state index is -3.53. The lowest BCUT2D eigenvalue weighted by atomic mass is 10.1. The lowest BCUT2D eigenvalue weighted by molar-refractivity contribution is -0.140. The molecule has 0 radical (unpaired) electrons. The Kier molecular flexibility index (Phi) is 10.9. The van der Waals surface area contributed by atoms with Crippen LogP contribution in [0.25, 0.3) is 0 Å². The van der Waals surface area contributed by atoms with E-state index in [1.165, 1.54) is 9.21 Å². The molecule has 0 saturated heterocycles. The maximum atomic E-state index is 13.3. The Morgan fingerprint density at radius 1 is 0.971 bits per heavy atom. The highest BCUT2D eigenvalue weighted by Crippen LogP contribution is 2.27. The second-order valence-electron chi connectivity index (χ2n) is 8.81. The van der Waals surface area contributed by atoms with Crippen LogP contribution >= 0.6 is 23.2 Å². The van der Waals surface area contributed by atoms with Gasteiger partial charge in [-0.1, -0.05) is 61.3 Å². The van der Waals surface area contributed by atoms with Crippen LogP contribution in [0.2, 0.25) is 10.0 Å². The topological polar surface area (TPSA) is 86.8 Å². The van der Waals surface area contributed by atoms with Gasteiger partial charge in [-0.3, -0.25) is 13.9 Å². The number of amides is 2. The zero-order valence-electron chi connectivity index (χ0n) is 20.5. The smallest absolute Gasteiger partial charge is 0.242 e. The van der Waals surface area contributed by atoms with Crippen molar-refractivity contribution < 1.29 is 18.0 Å². The maximum absolute atomic E-state index is 13.3. The molecule has 1 atom stereocenters. The van der Waals surface area contributed by atoms with Gasteiger partial charge in [-0.25, -0.2) is 8.42 Å². The number of nitrogens with zero attached hydrogens (tertiary/aromatic N) is 2. The minimum absolute atomic E-state index is 0.0444. The second-order valence-corrected chi connectivity index (χ2v) is 11.5. The van der Waals surface area contributed by atoms with Crippen LogP contribution < -0.4 is 9.62 Å². The van der Waals surface area contributed by atoms with Crippen molar-refractivity contribution in [2.75, 3.05) is 23.7 Å². The molecule has 0 aliphatic carbocycles. The maximum Gasteiger partial charge on any atom is 0.242 e. The summed E-state index contributed by atoms with van der Waals surface area (Å²) < 4.78 is 25.9. The molecule has 2 rings (SSSR count). The summed E-state index contributed by atoms with van der Waals surface area (Å²) in [6.07, 6.45) is 1.45. The normalized spacial score (nSPS) is 12.3. The Hall–Kier alpha value is -2.29. The molecule has 192 valence electrons. The summed E-state index contributed by atoms with van der Waals surface area (Å²) in [5.74, 6) is -0.319. The van der Waals surface area contributed by atoms with Gasteiger partial charge in [0.2, 0.25) is 21.8 Å². The van der Waals surface area contributed by atoms with Crippen molar-refractivity contribution in [1.82, 2.24) is 10.2 Å².